The second-order valence-corrected chi connectivity index (χ2v) is 7.35. The number of amides is 1. The Morgan fingerprint density at radius 2 is 1.87 bits per heavy atom. The van der Waals surface area contributed by atoms with E-state index in [1.807, 2.05) is 0 Å². The standard InChI is InChI=1S/C16H24N2O4S/c1-2-22-16(19)18(14-8-13-17-11-6-7-12-17)23(20,21)15-9-4-3-5-10-15/h3-5,9-10H,2,6-8,11-14H2,1H3. The summed E-state index contributed by atoms with van der Waals surface area (Å²) >= 11 is 0. The van der Waals surface area contributed by atoms with Gasteiger partial charge in [0.25, 0.3) is 10.0 Å². The number of sulfonamides is 1. The van der Waals surface area contributed by atoms with E-state index >= 15 is 0 Å². The van der Waals surface area contributed by atoms with Crippen molar-refractivity contribution in [1.29, 1.82) is 0 Å². The molecule has 1 aliphatic heterocycles. The van der Waals surface area contributed by atoms with Crippen molar-refractivity contribution >= 4 is 16.1 Å². The highest BCUT2D eigenvalue weighted by molar-refractivity contribution is 7.89. The molecular weight excluding hydrogens is 316 g/mol. The lowest BCUT2D eigenvalue weighted by atomic mass is 10.4. The van der Waals surface area contributed by atoms with Crippen molar-refractivity contribution < 1.29 is 17.9 Å². The first-order chi connectivity index (χ1) is 11.1. The summed E-state index contributed by atoms with van der Waals surface area (Å²) in [5.74, 6) is 0. The van der Waals surface area contributed by atoms with Gasteiger partial charge in [-0.15, -0.1) is 0 Å². The summed E-state index contributed by atoms with van der Waals surface area (Å²) < 4.78 is 31.2. The number of nitrogens with zero attached hydrogens (tertiary/aromatic N) is 2. The minimum Gasteiger partial charge on any atom is -0.449 e. The van der Waals surface area contributed by atoms with Crippen LogP contribution in [0, 0.1) is 0 Å². The van der Waals surface area contributed by atoms with Crippen LogP contribution >= 0.6 is 0 Å². The predicted molar refractivity (Wildman–Crippen MR) is 87.6 cm³/mol. The summed E-state index contributed by atoms with van der Waals surface area (Å²) in [6.07, 6.45) is 2.16. The molecule has 23 heavy (non-hydrogen) atoms. The normalized spacial score (nSPS) is 15.5. The van der Waals surface area contributed by atoms with Crippen molar-refractivity contribution in [3.8, 4) is 0 Å². The van der Waals surface area contributed by atoms with Gasteiger partial charge >= 0.3 is 6.09 Å². The number of hydrogen-bond donors (Lipinski definition) is 0. The van der Waals surface area contributed by atoms with Gasteiger partial charge in [0.2, 0.25) is 0 Å². The number of benzene rings is 1. The average molecular weight is 340 g/mol. The van der Waals surface area contributed by atoms with Crippen molar-refractivity contribution in [2.75, 3.05) is 32.8 Å². The molecule has 1 fully saturated rings. The molecule has 0 atom stereocenters. The number of hydrogen-bond acceptors (Lipinski definition) is 5. The molecule has 7 heteroatoms. The third-order valence-electron chi connectivity index (χ3n) is 3.84. The molecule has 1 aromatic rings. The number of rotatable bonds is 7. The Morgan fingerprint density at radius 3 is 2.48 bits per heavy atom. The maximum Gasteiger partial charge on any atom is 0.423 e. The molecule has 1 aliphatic rings. The van der Waals surface area contributed by atoms with E-state index in [1.165, 1.54) is 25.0 Å². The molecule has 0 aliphatic carbocycles. The zero-order valence-electron chi connectivity index (χ0n) is 13.5. The van der Waals surface area contributed by atoms with Gasteiger partial charge in [-0.05, 0) is 58.0 Å². The molecule has 1 aromatic carbocycles. The second kappa shape index (κ2) is 8.31. The summed E-state index contributed by atoms with van der Waals surface area (Å²) in [5.41, 5.74) is 0. The lowest BCUT2D eigenvalue weighted by Crippen LogP contribution is -2.39. The Kier molecular flexibility index (Phi) is 6.41. The molecule has 0 saturated carbocycles. The fourth-order valence-corrected chi connectivity index (χ4v) is 4.04. The number of likely N-dealkylation sites (tertiary alicyclic amines) is 1. The molecule has 0 radical (unpaired) electrons. The third-order valence-corrected chi connectivity index (χ3v) is 5.62. The Morgan fingerprint density at radius 1 is 1.22 bits per heavy atom. The first-order valence-corrected chi connectivity index (χ1v) is 9.46. The zero-order chi connectivity index (χ0) is 16.7. The van der Waals surface area contributed by atoms with E-state index in [1.54, 1.807) is 25.1 Å². The van der Waals surface area contributed by atoms with E-state index in [-0.39, 0.29) is 18.0 Å². The highest BCUT2D eigenvalue weighted by atomic mass is 32.2. The van der Waals surface area contributed by atoms with Crippen LogP contribution in [0.1, 0.15) is 26.2 Å². The smallest absolute Gasteiger partial charge is 0.423 e. The van der Waals surface area contributed by atoms with Crippen LogP contribution in [0.4, 0.5) is 4.79 Å². The number of ether oxygens (including phenoxy) is 1. The van der Waals surface area contributed by atoms with Crippen molar-refractivity contribution in [2.45, 2.75) is 31.1 Å². The van der Waals surface area contributed by atoms with Gasteiger partial charge in [-0.3, -0.25) is 0 Å². The summed E-state index contributed by atoms with van der Waals surface area (Å²) in [6, 6.07) is 7.99. The van der Waals surface area contributed by atoms with E-state index < -0.39 is 16.1 Å². The quantitative estimate of drug-likeness (QED) is 0.762. The van der Waals surface area contributed by atoms with Gasteiger partial charge in [0.05, 0.1) is 11.5 Å². The van der Waals surface area contributed by atoms with Gasteiger partial charge in [-0.2, -0.15) is 0 Å². The fourth-order valence-electron chi connectivity index (χ4n) is 2.67. The van der Waals surface area contributed by atoms with Crippen molar-refractivity contribution in [3.05, 3.63) is 30.3 Å². The van der Waals surface area contributed by atoms with Crippen LogP contribution in [0.2, 0.25) is 0 Å². The van der Waals surface area contributed by atoms with Gasteiger partial charge in [0, 0.05) is 6.54 Å². The highest BCUT2D eigenvalue weighted by Gasteiger charge is 2.30. The van der Waals surface area contributed by atoms with E-state index in [9.17, 15) is 13.2 Å². The van der Waals surface area contributed by atoms with Gasteiger partial charge in [-0.1, -0.05) is 18.2 Å². The summed E-state index contributed by atoms with van der Waals surface area (Å²) in [7, 11) is -3.88. The molecule has 1 saturated heterocycles. The number of carbonyl (C=O) groups excluding carboxylic acids is 1. The Labute approximate surface area is 138 Å². The van der Waals surface area contributed by atoms with Crippen LogP contribution in [-0.2, 0) is 14.8 Å². The molecule has 6 nitrogen and oxygen atoms in total. The Balaban J connectivity index is 2.08. The minimum absolute atomic E-state index is 0.106. The molecule has 0 unspecified atom stereocenters. The van der Waals surface area contributed by atoms with Gasteiger partial charge in [0.15, 0.2) is 0 Å². The van der Waals surface area contributed by atoms with E-state index in [0.29, 0.717) is 6.42 Å². The van der Waals surface area contributed by atoms with Crippen molar-refractivity contribution in [1.82, 2.24) is 9.21 Å². The SMILES string of the molecule is CCOC(=O)N(CCCN1CCCC1)S(=O)(=O)c1ccccc1. The fraction of sp³-hybridized carbons (Fsp3) is 0.562. The molecule has 0 spiro atoms. The van der Waals surface area contributed by atoms with Gasteiger partial charge in [-0.25, -0.2) is 17.5 Å². The highest BCUT2D eigenvalue weighted by Crippen LogP contribution is 2.17. The largest absolute Gasteiger partial charge is 0.449 e. The van der Waals surface area contributed by atoms with Crippen LogP contribution in [0.5, 0.6) is 0 Å². The maximum atomic E-state index is 12.7. The second-order valence-electron chi connectivity index (χ2n) is 5.49. The monoisotopic (exact) mass is 340 g/mol. The molecular formula is C16H24N2O4S. The average Bonchev–Trinajstić information content (AvgIpc) is 3.05. The molecule has 0 aromatic heterocycles. The van der Waals surface area contributed by atoms with E-state index in [0.717, 1.165) is 23.9 Å². The lowest BCUT2D eigenvalue weighted by Gasteiger charge is -2.23. The molecule has 1 amide bonds. The van der Waals surface area contributed by atoms with Crippen LogP contribution in [-0.4, -0.2) is 56.5 Å². The predicted octanol–water partition coefficient (Wildman–Crippen LogP) is 2.32. The lowest BCUT2D eigenvalue weighted by molar-refractivity contribution is 0.130. The molecule has 1 heterocycles. The van der Waals surface area contributed by atoms with Gasteiger partial charge in [0.1, 0.15) is 0 Å². The first kappa shape index (κ1) is 17.7. The molecule has 128 valence electrons. The summed E-state index contributed by atoms with van der Waals surface area (Å²) in [4.78, 5) is 14.5. The van der Waals surface area contributed by atoms with Crippen LogP contribution < -0.4 is 0 Å². The molecule has 2 rings (SSSR count). The first-order valence-electron chi connectivity index (χ1n) is 8.02. The Bertz CT molecular complexity index is 598. The van der Waals surface area contributed by atoms with E-state index in [4.69, 9.17) is 4.74 Å². The summed E-state index contributed by atoms with van der Waals surface area (Å²) in [5, 5.41) is 0. The van der Waals surface area contributed by atoms with E-state index in [2.05, 4.69) is 4.90 Å². The minimum atomic E-state index is -3.88. The van der Waals surface area contributed by atoms with Crippen LogP contribution in [0.3, 0.4) is 0 Å². The van der Waals surface area contributed by atoms with Crippen molar-refractivity contribution in [2.24, 2.45) is 0 Å². The molecule has 0 bridgehead atoms. The number of carbonyl (C=O) groups is 1. The van der Waals surface area contributed by atoms with Gasteiger partial charge < -0.3 is 9.64 Å². The molecule has 0 N–H and O–H groups in total. The zero-order valence-corrected chi connectivity index (χ0v) is 14.3. The Hall–Kier alpha value is -1.60. The van der Waals surface area contributed by atoms with Crippen LogP contribution in [0.15, 0.2) is 35.2 Å². The summed E-state index contributed by atoms with van der Waals surface area (Å²) in [6.45, 7) is 4.82. The van der Waals surface area contributed by atoms with Crippen LogP contribution in [0.25, 0.3) is 0 Å². The topological polar surface area (TPSA) is 66.9 Å². The van der Waals surface area contributed by atoms with Crippen molar-refractivity contribution in [3.63, 3.8) is 0 Å². The third kappa shape index (κ3) is 4.68. The maximum absolute atomic E-state index is 12.7.